The number of halogens is 3. The predicted octanol–water partition coefficient (Wildman–Crippen LogP) is 9.23. The van der Waals surface area contributed by atoms with E-state index < -0.39 is 28.4 Å². The van der Waals surface area contributed by atoms with Crippen molar-refractivity contribution in [3.8, 4) is 28.8 Å². The molecule has 0 aliphatic rings. The van der Waals surface area contributed by atoms with E-state index in [4.69, 9.17) is 4.74 Å². The maximum Gasteiger partial charge on any atom is 0.417 e. The first-order chi connectivity index (χ1) is 19.3. The van der Waals surface area contributed by atoms with Crippen LogP contribution in [-0.2, 0) is 11.7 Å². The van der Waals surface area contributed by atoms with Crippen molar-refractivity contribution in [3.05, 3.63) is 117 Å². The number of nitriles is 1. The van der Waals surface area contributed by atoms with E-state index in [0.29, 0.717) is 28.5 Å². The van der Waals surface area contributed by atoms with E-state index in [1.165, 1.54) is 16.2 Å². The van der Waals surface area contributed by atoms with Gasteiger partial charge in [-0.2, -0.15) is 18.4 Å². The zero-order chi connectivity index (χ0) is 30.1. The maximum absolute atomic E-state index is 14.1. The summed E-state index contributed by atoms with van der Waals surface area (Å²) in [6.07, 6.45) is -4.89. The van der Waals surface area contributed by atoms with Crippen molar-refractivity contribution in [2.24, 2.45) is 0 Å². The minimum atomic E-state index is -4.89. The molecule has 0 fully saturated rings. The first-order valence-electron chi connectivity index (χ1n) is 13.5. The Kier molecular flexibility index (Phi) is 8.17. The Morgan fingerprint density at radius 1 is 0.854 bits per heavy atom. The highest BCUT2D eigenvalue weighted by Crippen LogP contribution is 2.39. The molecule has 1 aromatic heterocycles. The van der Waals surface area contributed by atoms with Gasteiger partial charge in [0.15, 0.2) is 0 Å². The van der Waals surface area contributed by atoms with Gasteiger partial charge >= 0.3 is 6.18 Å². The Morgan fingerprint density at radius 2 is 1.49 bits per heavy atom. The van der Waals surface area contributed by atoms with Gasteiger partial charge in [0.1, 0.15) is 23.1 Å². The number of benzene rings is 3. The van der Waals surface area contributed by atoms with E-state index in [-0.39, 0.29) is 11.6 Å². The highest BCUT2D eigenvalue weighted by molar-refractivity contribution is 5.66. The molecule has 0 saturated carbocycles. The lowest BCUT2D eigenvalue weighted by Crippen LogP contribution is -2.40. The lowest BCUT2D eigenvalue weighted by atomic mass is 9.90. The number of pyridine rings is 1. The molecule has 0 spiro atoms. The molecule has 0 saturated heterocycles. The highest BCUT2D eigenvalue weighted by atomic mass is 19.4. The number of hydrogen-bond acceptors (Lipinski definition) is 3. The van der Waals surface area contributed by atoms with Crippen LogP contribution in [-0.4, -0.2) is 4.57 Å². The summed E-state index contributed by atoms with van der Waals surface area (Å²) in [5.74, 6) is 1.55. The molecular formula is C34H33F3N2O2. The second kappa shape index (κ2) is 11.3. The van der Waals surface area contributed by atoms with Crippen molar-refractivity contribution in [1.29, 1.82) is 5.26 Å². The quantitative estimate of drug-likeness (QED) is 0.227. The van der Waals surface area contributed by atoms with Crippen molar-refractivity contribution < 1.29 is 17.9 Å². The summed E-state index contributed by atoms with van der Waals surface area (Å²) in [4.78, 5) is 13.7. The van der Waals surface area contributed by atoms with Crippen LogP contribution in [0.4, 0.5) is 13.2 Å². The van der Waals surface area contributed by atoms with Gasteiger partial charge in [0, 0.05) is 0 Å². The number of rotatable bonds is 7. The molecule has 41 heavy (non-hydrogen) atoms. The van der Waals surface area contributed by atoms with E-state index in [2.05, 4.69) is 13.8 Å². The van der Waals surface area contributed by atoms with Gasteiger partial charge in [-0.3, -0.25) is 9.36 Å². The van der Waals surface area contributed by atoms with Gasteiger partial charge in [-0.15, -0.1) is 0 Å². The lowest BCUT2D eigenvalue weighted by molar-refractivity contribution is -0.137. The Morgan fingerprint density at radius 3 is 2.02 bits per heavy atom. The standard InChI is InChI=1S/C34H33F3N2O2/c1-21(2)23-12-15-26(16-13-23)41-31-17-14-24(18-27(31)22(3)4)30-19-29(34(35,36)37)28(20-38)32(40)39(30)33(5,6)25-10-8-7-9-11-25/h7-19,21-22H,1-6H3. The molecule has 4 nitrogen and oxygen atoms in total. The van der Waals surface area contributed by atoms with Crippen molar-refractivity contribution in [2.75, 3.05) is 0 Å². The molecule has 0 amide bonds. The summed E-state index contributed by atoms with van der Waals surface area (Å²) < 4.78 is 49.9. The summed E-state index contributed by atoms with van der Waals surface area (Å²) in [6, 6.07) is 24.4. The molecule has 0 bridgehead atoms. The second-order valence-corrected chi connectivity index (χ2v) is 11.2. The van der Waals surface area contributed by atoms with E-state index in [0.717, 1.165) is 11.6 Å². The number of hydrogen-bond donors (Lipinski definition) is 0. The molecule has 0 aliphatic carbocycles. The van der Waals surface area contributed by atoms with Gasteiger partial charge in [0.25, 0.3) is 5.56 Å². The minimum absolute atomic E-state index is 0.0392. The summed E-state index contributed by atoms with van der Waals surface area (Å²) >= 11 is 0. The van der Waals surface area contributed by atoms with Crippen molar-refractivity contribution in [2.45, 2.75) is 65.1 Å². The van der Waals surface area contributed by atoms with Gasteiger partial charge in [-0.1, -0.05) is 70.2 Å². The topological polar surface area (TPSA) is 55.0 Å². The molecule has 0 N–H and O–H groups in total. The van der Waals surface area contributed by atoms with Crippen LogP contribution in [0.1, 0.15) is 81.2 Å². The number of ether oxygens (including phenoxy) is 1. The molecule has 0 unspecified atom stereocenters. The van der Waals surface area contributed by atoms with E-state index in [1.807, 2.05) is 44.2 Å². The smallest absolute Gasteiger partial charge is 0.417 e. The highest BCUT2D eigenvalue weighted by Gasteiger charge is 2.39. The van der Waals surface area contributed by atoms with Crippen LogP contribution in [0.3, 0.4) is 0 Å². The van der Waals surface area contributed by atoms with E-state index in [9.17, 15) is 23.2 Å². The molecule has 0 radical (unpaired) electrons. The fourth-order valence-corrected chi connectivity index (χ4v) is 4.98. The molecule has 7 heteroatoms. The fraction of sp³-hybridized carbons (Fsp3) is 0.294. The minimum Gasteiger partial charge on any atom is -0.457 e. The third kappa shape index (κ3) is 5.92. The Hall–Kier alpha value is -4.31. The monoisotopic (exact) mass is 558 g/mol. The van der Waals surface area contributed by atoms with E-state index in [1.54, 1.807) is 56.3 Å². The first kappa shape index (κ1) is 29.7. The first-order valence-corrected chi connectivity index (χ1v) is 13.5. The largest absolute Gasteiger partial charge is 0.457 e. The van der Waals surface area contributed by atoms with Gasteiger partial charge in [0.05, 0.1) is 16.8 Å². The van der Waals surface area contributed by atoms with Gasteiger partial charge < -0.3 is 4.74 Å². The van der Waals surface area contributed by atoms with Crippen LogP contribution in [0.15, 0.2) is 83.7 Å². The fourth-order valence-electron chi connectivity index (χ4n) is 4.98. The molecule has 3 aromatic carbocycles. The molecule has 1 heterocycles. The molecule has 0 atom stereocenters. The number of aromatic nitrogens is 1. The Bertz CT molecular complexity index is 1640. The van der Waals surface area contributed by atoms with E-state index >= 15 is 0 Å². The molecular weight excluding hydrogens is 525 g/mol. The molecule has 4 aromatic rings. The third-order valence-corrected chi connectivity index (χ3v) is 7.37. The Labute approximate surface area is 238 Å². The zero-order valence-electron chi connectivity index (χ0n) is 24.0. The summed E-state index contributed by atoms with van der Waals surface area (Å²) in [5, 5.41) is 9.65. The summed E-state index contributed by atoms with van der Waals surface area (Å²) in [5.41, 5.74) is -1.13. The van der Waals surface area contributed by atoms with Crippen LogP contribution in [0.2, 0.25) is 0 Å². The maximum atomic E-state index is 14.1. The normalized spacial score (nSPS) is 12.0. The zero-order valence-corrected chi connectivity index (χ0v) is 24.0. The van der Waals surface area contributed by atoms with Gasteiger partial charge in [-0.25, -0.2) is 0 Å². The van der Waals surface area contributed by atoms with Crippen LogP contribution >= 0.6 is 0 Å². The van der Waals surface area contributed by atoms with Gasteiger partial charge in [-0.05, 0) is 84.3 Å². The average Bonchev–Trinajstić information content (AvgIpc) is 2.92. The number of nitrogens with zero attached hydrogens (tertiary/aromatic N) is 2. The van der Waals surface area contributed by atoms with Crippen LogP contribution < -0.4 is 10.3 Å². The molecule has 4 rings (SSSR count). The van der Waals surface area contributed by atoms with Crippen molar-refractivity contribution in [3.63, 3.8) is 0 Å². The summed E-state index contributed by atoms with van der Waals surface area (Å²) in [6.45, 7) is 11.7. The average molecular weight is 559 g/mol. The lowest BCUT2D eigenvalue weighted by Gasteiger charge is -2.32. The summed E-state index contributed by atoms with van der Waals surface area (Å²) in [7, 11) is 0. The Balaban J connectivity index is 1.95. The van der Waals surface area contributed by atoms with Crippen LogP contribution in [0.5, 0.6) is 11.5 Å². The third-order valence-electron chi connectivity index (χ3n) is 7.37. The van der Waals surface area contributed by atoms with Crippen LogP contribution in [0.25, 0.3) is 11.3 Å². The predicted molar refractivity (Wildman–Crippen MR) is 155 cm³/mol. The molecule has 212 valence electrons. The SMILES string of the molecule is CC(C)c1ccc(Oc2ccc(-c3cc(C(F)(F)F)c(C#N)c(=O)n3C(C)(C)c3ccccc3)cc2C(C)C)cc1. The van der Waals surface area contributed by atoms with Crippen molar-refractivity contribution in [1.82, 2.24) is 4.57 Å². The number of alkyl halides is 3. The van der Waals surface area contributed by atoms with Crippen molar-refractivity contribution >= 4 is 0 Å². The molecule has 0 aliphatic heterocycles. The van der Waals surface area contributed by atoms with Gasteiger partial charge in [0.2, 0.25) is 0 Å². The second-order valence-electron chi connectivity index (χ2n) is 11.2. The van der Waals surface area contributed by atoms with Crippen LogP contribution in [0, 0.1) is 11.3 Å².